The summed E-state index contributed by atoms with van der Waals surface area (Å²) in [6.45, 7) is 8.24. The molecule has 2 heteroatoms. The maximum Gasteiger partial charge on any atom is 0.0178 e. The van der Waals surface area contributed by atoms with Crippen molar-refractivity contribution in [1.82, 2.24) is 5.32 Å². The molecule has 0 heterocycles. The zero-order valence-corrected chi connectivity index (χ0v) is 15.4. The number of nitrogens with one attached hydrogen (secondary N) is 1. The molecule has 118 valence electrons. The zero-order valence-electron chi connectivity index (χ0n) is 13.8. The van der Waals surface area contributed by atoms with Crippen molar-refractivity contribution >= 4 is 15.9 Å². The second kappa shape index (κ2) is 7.78. The van der Waals surface area contributed by atoms with Gasteiger partial charge in [0.2, 0.25) is 0 Å². The van der Waals surface area contributed by atoms with Crippen LogP contribution in [-0.2, 0) is 0 Å². The number of halogens is 1. The Bertz CT molecular complexity index is 435. The van der Waals surface area contributed by atoms with Crippen LogP contribution in [0.5, 0.6) is 0 Å². The Labute approximate surface area is 139 Å². The fourth-order valence-corrected chi connectivity index (χ4v) is 3.60. The van der Waals surface area contributed by atoms with Crippen LogP contribution in [0, 0.1) is 5.41 Å². The molecule has 0 saturated heterocycles. The van der Waals surface area contributed by atoms with Crippen molar-refractivity contribution in [1.29, 1.82) is 0 Å². The topological polar surface area (TPSA) is 12.0 Å². The highest BCUT2D eigenvalue weighted by molar-refractivity contribution is 9.10. The van der Waals surface area contributed by atoms with Crippen molar-refractivity contribution in [2.75, 3.05) is 6.54 Å². The molecule has 0 radical (unpaired) electrons. The van der Waals surface area contributed by atoms with Crippen molar-refractivity contribution in [3.05, 3.63) is 34.3 Å². The molecule has 0 unspecified atom stereocenters. The summed E-state index contributed by atoms with van der Waals surface area (Å²) in [4.78, 5) is 0. The Kier molecular flexibility index (Phi) is 6.31. The molecule has 0 amide bonds. The van der Waals surface area contributed by atoms with E-state index >= 15 is 0 Å². The third-order valence-corrected chi connectivity index (χ3v) is 5.28. The smallest absolute Gasteiger partial charge is 0.0178 e. The van der Waals surface area contributed by atoms with Crippen molar-refractivity contribution in [3.8, 4) is 0 Å². The minimum absolute atomic E-state index is 0.441. The van der Waals surface area contributed by atoms with E-state index in [1.165, 1.54) is 48.6 Å². The van der Waals surface area contributed by atoms with Gasteiger partial charge in [-0.2, -0.15) is 0 Å². The Morgan fingerprint density at radius 3 is 2.67 bits per heavy atom. The number of rotatable bonds is 8. The van der Waals surface area contributed by atoms with Crippen molar-refractivity contribution in [2.24, 2.45) is 5.41 Å². The summed E-state index contributed by atoms with van der Waals surface area (Å²) in [6, 6.07) is 9.52. The quantitative estimate of drug-likeness (QED) is 0.575. The molecule has 0 aliphatic heterocycles. The molecule has 1 aromatic carbocycles. The van der Waals surface area contributed by atoms with Crippen LogP contribution in [0.2, 0.25) is 0 Å². The minimum Gasteiger partial charge on any atom is -0.313 e. The average molecular weight is 352 g/mol. The van der Waals surface area contributed by atoms with E-state index < -0.39 is 0 Å². The van der Waals surface area contributed by atoms with Gasteiger partial charge in [-0.1, -0.05) is 68.1 Å². The predicted molar refractivity (Wildman–Crippen MR) is 95.8 cm³/mol. The van der Waals surface area contributed by atoms with Crippen LogP contribution in [0.3, 0.4) is 0 Å². The van der Waals surface area contributed by atoms with Gasteiger partial charge in [-0.25, -0.2) is 0 Å². The van der Waals surface area contributed by atoms with Crippen LogP contribution in [0.4, 0.5) is 0 Å². The first-order chi connectivity index (χ1) is 10.00. The van der Waals surface area contributed by atoms with Crippen molar-refractivity contribution in [2.45, 2.75) is 71.3 Å². The average Bonchev–Trinajstić information content (AvgIpc) is 2.37. The third kappa shape index (κ3) is 5.41. The van der Waals surface area contributed by atoms with Crippen LogP contribution in [0.15, 0.2) is 28.7 Å². The number of benzene rings is 1. The van der Waals surface area contributed by atoms with Crippen LogP contribution >= 0.6 is 15.9 Å². The van der Waals surface area contributed by atoms with E-state index in [-0.39, 0.29) is 0 Å². The molecule has 1 saturated carbocycles. The van der Waals surface area contributed by atoms with Crippen LogP contribution in [0.1, 0.15) is 70.8 Å². The van der Waals surface area contributed by atoms with Gasteiger partial charge >= 0.3 is 0 Å². The summed E-state index contributed by atoms with van der Waals surface area (Å²) in [7, 11) is 0. The van der Waals surface area contributed by atoms with Gasteiger partial charge in [0, 0.05) is 17.1 Å². The molecular formula is C19H30BrN. The Balaban J connectivity index is 1.68. The van der Waals surface area contributed by atoms with Gasteiger partial charge in [-0.15, -0.1) is 0 Å². The fourth-order valence-electron chi connectivity index (χ4n) is 3.18. The SMILES string of the molecule is CCCCCC(C)(C)CNC1CC(c2cccc(Br)c2)C1. The maximum atomic E-state index is 3.79. The Morgan fingerprint density at radius 2 is 2.00 bits per heavy atom. The lowest BCUT2D eigenvalue weighted by molar-refractivity contribution is 0.231. The molecule has 1 fully saturated rings. The summed E-state index contributed by atoms with van der Waals surface area (Å²) in [5.41, 5.74) is 1.93. The van der Waals surface area contributed by atoms with Gasteiger partial charge in [-0.05, 0) is 48.3 Å². The van der Waals surface area contributed by atoms with Gasteiger partial charge in [0.15, 0.2) is 0 Å². The summed E-state index contributed by atoms with van der Waals surface area (Å²) in [5, 5.41) is 3.79. The number of hydrogen-bond acceptors (Lipinski definition) is 1. The summed E-state index contributed by atoms with van der Waals surface area (Å²) in [6.07, 6.45) is 7.99. The molecule has 1 aliphatic rings. The van der Waals surface area contributed by atoms with Gasteiger partial charge in [-0.3, -0.25) is 0 Å². The van der Waals surface area contributed by atoms with E-state index in [9.17, 15) is 0 Å². The number of unbranched alkanes of at least 4 members (excludes halogenated alkanes) is 2. The van der Waals surface area contributed by atoms with Crippen LogP contribution < -0.4 is 5.32 Å². The van der Waals surface area contributed by atoms with E-state index in [1.54, 1.807) is 0 Å². The molecule has 0 spiro atoms. The first-order valence-electron chi connectivity index (χ1n) is 8.49. The second-order valence-corrected chi connectivity index (χ2v) is 8.34. The first-order valence-corrected chi connectivity index (χ1v) is 9.28. The Morgan fingerprint density at radius 1 is 1.24 bits per heavy atom. The molecule has 1 N–H and O–H groups in total. The fraction of sp³-hybridized carbons (Fsp3) is 0.684. The van der Waals surface area contributed by atoms with E-state index in [0.717, 1.165) is 18.5 Å². The molecule has 0 bridgehead atoms. The zero-order chi connectivity index (χ0) is 15.3. The van der Waals surface area contributed by atoms with Gasteiger partial charge < -0.3 is 5.32 Å². The van der Waals surface area contributed by atoms with Gasteiger partial charge in [0.1, 0.15) is 0 Å². The molecular weight excluding hydrogens is 322 g/mol. The lowest BCUT2D eigenvalue weighted by Crippen LogP contribution is -2.44. The highest BCUT2D eigenvalue weighted by Crippen LogP contribution is 2.38. The Hall–Kier alpha value is -0.340. The summed E-state index contributed by atoms with van der Waals surface area (Å²) >= 11 is 3.57. The molecule has 21 heavy (non-hydrogen) atoms. The second-order valence-electron chi connectivity index (χ2n) is 7.42. The molecule has 0 aromatic heterocycles. The lowest BCUT2D eigenvalue weighted by atomic mass is 9.75. The highest BCUT2D eigenvalue weighted by Gasteiger charge is 2.31. The molecule has 1 nitrogen and oxygen atoms in total. The van der Waals surface area contributed by atoms with Crippen molar-refractivity contribution in [3.63, 3.8) is 0 Å². The minimum atomic E-state index is 0.441. The van der Waals surface area contributed by atoms with Crippen molar-refractivity contribution < 1.29 is 0 Å². The third-order valence-electron chi connectivity index (χ3n) is 4.78. The number of hydrogen-bond donors (Lipinski definition) is 1. The van der Waals surface area contributed by atoms with E-state index in [1.807, 2.05) is 0 Å². The van der Waals surface area contributed by atoms with E-state index in [2.05, 4.69) is 66.3 Å². The van der Waals surface area contributed by atoms with Crippen LogP contribution in [-0.4, -0.2) is 12.6 Å². The molecule has 1 aliphatic carbocycles. The normalized spacial score (nSPS) is 22.1. The maximum absolute atomic E-state index is 3.79. The highest BCUT2D eigenvalue weighted by atomic mass is 79.9. The van der Waals surface area contributed by atoms with E-state index in [0.29, 0.717) is 5.41 Å². The standard InChI is InChI=1S/C19H30BrN/c1-4-5-6-10-19(2,3)14-21-18-12-16(13-18)15-8-7-9-17(20)11-15/h7-9,11,16,18,21H,4-6,10,12-14H2,1-3H3. The molecule has 2 rings (SSSR count). The van der Waals surface area contributed by atoms with Gasteiger partial charge in [0.05, 0.1) is 0 Å². The van der Waals surface area contributed by atoms with Crippen LogP contribution in [0.25, 0.3) is 0 Å². The van der Waals surface area contributed by atoms with Gasteiger partial charge in [0.25, 0.3) is 0 Å². The monoisotopic (exact) mass is 351 g/mol. The summed E-state index contributed by atoms with van der Waals surface area (Å²) in [5.74, 6) is 0.753. The lowest BCUT2D eigenvalue weighted by Gasteiger charge is -2.39. The molecule has 1 aromatic rings. The van der Waals surface area contributed by atoms with E-state index in [4.69, 9.17) is 0 Å². The largest absolute Gasteiger partial charge is 0.313 e. The molecule has 0 atom stereocenters. The predicted octanol–water partition coefficient (Wildman–Crippen LogP) is 5.89. The first kappa shape index (κ1) is 17.0. The summed E-state index contributed by atoms with van der Waals surface area (Å²) < 4.78 is 1.20.